The summed E-state index contributed by atoms with van der Waals surface area (Å²) in [5.41, 5.74) is 1.75. The summed E-state index contributed by atoms with van der Waals surface area (Å²) in [7, 11) is 1.77. The summed E-state index contributed by atoms with van der Waals surface area (Å²) in [5.74, 6) is 0.871. The Labute approximate surface area is 124 Å². The predicted octanol–water partition coefficient (Wildman–Crippen LogP) is 2.99. The molecule has 0 radical (unpaired) electrons. The maximum Gasteiger partial charge on any atom is 0.225 e. The van der Waals surface area contributed by atoms with E-state index in [-0.39, 0.29) is 5.28 Å². The molecule has 0 aromatic carbocycles. The molecule has 1 aliphatic rings. The summed E-state index contributed by atoms with van der Waals surface area (Å²) in [5, 5.41) is 0.275. The van der Waals surface area contributed by atoms with Crippen molar-refractivity contribution in [2.45, 2.75) is 18.9 Å². The summed E-state index contributed by atoms with van der Waals surface area (Å²) >= 11 is 9.48. The minimum absolute atomic E-state index is 0.275. The number of nitrogens with one attached hydrogen (secondary N) is 1. The van der Waals surface area contributed by atoms with Gasteiger partial charge in [-0.15, -0.1) is 0 Å². The van der Waals surface area contributed by atoms with E-state index < -0.39 is 0 Å². The largest absolute Gasteiger partial charge is 0.381 e. The fourth-order valence-corrected chi connectivity index (χ4v) is 3.03. The van der Waals surface area contributed by atoms with Crippen LogP contribution in [0, 0.1) is 0 Å². The van der Waals surface area contributed by atoms with E-state index in [1.54, 1.807) is 7.11 Å². The standard InChI is InChI=1S/C12H14BrClN4O/c1-19-7-2-4-18(5-3-7)11-10-9(8(13)6-15-10)16-12(14)17-11/h6-7,15H,2-5H2,1H3. The fraction of sp³-hybridized carbons (Fsp3) is 0.500. The zero-order chi connectivity index (χ0) is 13.4. The van der Waals surface area contributed by atoms with E-state index in [1.165, 1.54) is 0 Å². The van der Waals surface area contributed by atoms with Crippen molar-refractivity contribution in [1.82, 2.24) is 15.0 Å². The molecule has 5 nitrogen and oxygen atoms in total. The lowest BCUT2D eigenvalue weighted by atomic mass is 10.1. The highest BCUT2D eigenvalue weighted by molar-refractivity contribution is 9.10. The third kappa shape index (κ3) is 2.44. The van der Waals surface area contributed by atoms with Gasteiger partial charge in [-0.2, -0.15) is 4.98 Å². The van der Waals surface area contributed by atoms with Crippen LogP contribution in [0.3, 0.4) is 0 Å². The molecular formula is C12H14BrClN4O. The average molecular weight is 346 g/mol. The lowest BCUT2D eigenvalue weighted by Gasteiger charge is -2.32. The first-order chi connectivity index (χ1) is 9.19. The van der Waals surface area contributed by atoms with Crippen molar-refractivity contribution in [3.63, 3.8) is 0 Å². The Morgan fingerprint density at radius 2 is 2.16 bits per heavy atom. The number of methoxy groups -OCH3 is 1. The van der Waals surface area contributed by atoms with Crippen molar-refractivity contribution in [2.75, 3.05) is 25.1 Å². The molecule has 2 aromatic heterocycles. The highest BCUT2D eigenvalue weighted by Crippen LogP contribution is 2.31. The number of rotatable bonds is 2. The zero-order valence-electron chi connectivity index (χ0n) is 10.5. The van der Waals surface area contributed by atoms with Gasteiger partial charge in [0.15, 0.2) is 5.82 Å². The van der Waals surface area contributed by atoms with Crippen LogP contribution < -0.4 is 4.90 Å². The van der Waals surface area contributed by atoms with Crippen LogP contribution in [0.5, 0.6) is 0 Å². The normalized spacial score (nSPS) is 17.3. The zero-order valence-corrected chi connectivity index (χ0v) is 12.8. The van der Waals surface area contributed by atoms with E-state index in [9.17, 15) is 0 Å². The first-order valence-corrected chi connectivity index (χ1v) is 7.34. The summed E-state index contributed by atoms with van der Waals surface area (Å²) in [4.78, 5) is 14.1. The molecule has 102 valence electrons. The van der Waals surface area contributed by atoms with E-state index in [0.29, 0.717) is 6.10 Å². The molecule has 1 aliphatic heterocycles. The summed E-state index contributed by atoms with van der Waals surface area (Å²) in [6, 6.07) is 0. The quantitative estimate of drug-likeness (QED) is 0.850. The van der Waals surface area contributed by atoms with Crippen LogP contribution in [0.4, 0.5) is 5.82 Å². The van der Waals surface area contributed by atoms with Gasteiger partial charge in [-0.05, 0) is 40.4 Å². The van der Waals surface area contributed by atoms with Gasteiger partial charge in [0.1, 0.15) is 11.0 Å². The molecule has 3 heterocycles. The van der Waals surface area contributed by atoms with E-state index >= 15 is 0 Å². The first-order valence-electron chi connectivity index (χ1n) is 6.17. The number of ether oxygens (including phenoxy) is 1. The van der Waals surface area contributed by atoms with E-state index in [0.717, 1.165) is 47.3 Å². The van der Waals surface area contributed by atoms with Crippen LogP contribution in [-0.2, 0) is 4.74 Å². The number of halogens is 2. The van der Waals surface area contributed by atoms with Gasteiger partial charge in [0.25, 0.3) is 0 Å². The van der Waals surface area contributed by atoms with Gasteiger partial charge in [0.2, 0.25) is 5.28 Å². The van der Waals surface area contributed by atoms with E-state index in [2.05, 4.69) is 35.8 Å². The van der Waals surface area contributed by atoms with Gasteiger partial charge in [-0.25, -0.2) is 4.98 Å². The molecule has 7 heteroatoms. The number of anilines is 1. The molecule has 0 amide bonds. The third-order valence-electron chi connectivity index (χ3n) is 3.51. The topological polar surface area (TPSA) is 54.0 Å². The molecule has 0 saturated carbocycles. The molecular weight excluding hydrogens is 332 g/mol. The summed E-state index contributed by atoms with van der Waals surface area (Å²) in [6.07, 6.45) is 4.21. The second-order valence-corrected chi connectivity index (χ2v) is 5.79. The van der Waals surface area contributed by atoms with Crippen LogP contribution >= 0.6 is 27.5 Å². The van der Waals surface area contributed by atoms with Crippen molar-refractivity contribution >= 4 is 44.4 Å². The Morgan fingerprint density at radius 1 is 1.42 bits per heavy atom. The number of H-pyrrole nitrogens is 1. The van der Waals surface area contributed by atoms with Gasteiger partial charge >= 0.3 is 0 Å². The molecule has 1 N–H and O–H groups in total. The molecule has 0 aliphatic carbocycles. The highest BCUT2D eigenvalue weighted by atomic mass is 79.9. The molecule has 0 spiro atoms. The molecule has 1 saturated heterocycles. The monoisotopic (exact) mass is 344 g/mol. The Balaban J connectivity index is 1.96. The Morgan fingerprint density at radius 3 is 2.84 bits per heavy atom. The van der Waals surface area contributed by atoms with Gasteiger partial charge in [0, 0.05) is 26.4 Å². The first kappa shape index (κ1) is 13.1. The molecule has 0 bridgehead atoms. The SMILES string of the molecule is COC1CCN(c2nc(Cl)nc3c(Br)c[nH]c23)CC1. The van der Waals surface area contributed by atoms with Gasteiger partial charge < -0.3 is 14.6 Å². The smallest absolute Gasteiger partial charge is 0.225 e. The number of hydrogen-bond acceptors (Lipinski definition) is 4. The molecule has 0 unspecified atom stereocenters. The highest BCUT2D eigenvalue weighted by Gasteiger charge is 2.23. The Hall–Kier alpha value is -0.850. The van der Waals surface area contributed by atoms with Crippen LogP contribution in [-0.4, -0.2) is 41.3 Å². The minimum Gasteiger partial charge on any atom is -0.381 e. The molecule has 3 rings (SSSR count). The molecule has 0 atom stereocenters. The van der Waals surface area contributed by atoms with Gasteiger partial charge in [-0.3, -0.25) is 0 Å². The molecule has 2 aromatic rings. The number of piperidine rings is 1. The molecule has 1 fully saturated rings. The van der Waals surface area contributed by atoms with Crippen molar-refractivity contribution < 1.29 is 4.74 Å². The lowest BCUT2D eigenvalue weighted by Crippen LogP contribution is -2.37. The van der Waals surface area contributed by atoms with Crippen molar-refractivity contribution in [1.29, 1.82) is 0 Å². The van der Waals surface area contributed by atoms with E-state index in [4.69, 9.17) is 16.3 Å². The third-order valence-corrected chi connectivity index (χ3v) is 4.28. The predicted molar refractivity (Wildman–Crippen MR) is 78.8 cm³/mol. The van der Waals surface area contributed by atoms with Gasteiger partial charge in [-0.1, -0.05) is 0 Å². The lowest BCUT2D eigenvalue weighted by molar-refractivity contribution is 0.0818. The number of fused-ring (bicyclic) bond motifs is 1. The summed E-state index contributed by atoms with van der Waals surface area (Å²) in [6.45, 7) is 1.83. The van der Waals surface area contributed by atoms with Crippen molar-refractivity contribution in [3.8, 4) is 0 Å². The van der Waals surface area contributed by atoms with Crippen LogP contribution in [0.2, 0.25) is 5.28 Å². The van der Waals surface area contributed by atoms with Crippen LogP contribution in [0.15, 0.2) is 10.7 Å². The van der Waals surface area contributed by atoms with Crippen LogP contribution in [0.1, 0.15) is 12.8 Å². The maximum absolute atomic E-state index is 6.02. The number of aromatic amines is 1. The number of hydrogen-bond donors (Lipinski definition) is 1. The van der Waals surface area contributed by atoms with Gasteiger partial charge in [0.05, 0.1) is 10.6 Å². The van der Waals surface area contributed by atoms with Crippen LogP contribution in [0.25, 0.3) is 11.0 Å². The minimum atomic E-state index is 0.275. The fourth-order valence-electron chi connectivity index (χ4n) is 2.46. The second-order valence-electron chi connectivity index (χ2n) is 4.60. The molecule has 19 heavy (non-hydrogen) atoms. The second kappa shape index (κ2) is 5.26. The Kier molecular flexibility index (Phi) is 3.64. The number of nitrogens with zero attached hydrogens (tertiary/aromatic N) is 3. The summed E-state index contributed by atoms with van der Waals surface area (Å²) < 4.78 is 6.29. The van der Waals surface area contributed by atoms with Crippen molar-refractivity contribution in [2.24, 2.45) is 0 Å². The number of aromatic nitrogens is 3. The van der Waals surface area contributed by atoms with E-state index in [1.807, 2.05) is 6.20 Å². The average Bonchev–Trinajstić information content (AvgIpc) is 2.80. The van der Waals surface area contributed by atoms with Crippen molar-refractivity contribution in [3.05, 3.63) is 16.0 Å². The Bertz CT molecular complexity index is 595. The maximum atomic E-state index is 6.02.